The molecule has 1 aliphatic heterocycles. The Kier molecular flexibility index (Phi) is 7.64. The van der Waals surface area contributed by atoms with Crippen LogP contribution in [0.1, 0.15) is 45.2 Å². The molecule has 0 saturated heterocycles. The first kappa shape index (κ1) is 25.7. The maximum atomic E-state index is 3.88. The van der Waals surface area contributed by atoms with Crippen LogP contribution >= 0.6 is 27.7 Å². The molecular formula is C30H19Br3SZr. The first-order valence-electron chi connectivity index (χ1n) is 11.2. The van der Waals surface area contributed by atoms with E-state index in [0.717, 1.165) is 0 Å². The molecule has 4 aromatic rings. The summed E-state index contributed by atoms with van der Waals surface area (Å²) in [5.41, 5.74) is 8.64. The maximum Gasteiger partial charge on any atom is -1.00 e. The molecule has 0 nitrogen and oxygen atoms in total. The minimum absolute atomic E-state index is 0. The number of hydrogen-bond donors (Lipinski definition) is 0. The van der Waals surface area contributed by atoms with Crippen molar-refractivity contribution in [1.29, 1.82) is 0 Å². The van der Waals surface area contributed by atoms with Crippen molar-refractivity contribution >= 4 is 39.8 Å². The van der Waals surface area contributed by atoms with Gasteiger partial charge in [0.2, 0.25) is 0 Å². The van der Waals surface area contributed by atoms with Crippen molar-refractivity contribution in [3.8, 4) is 0 Å². The molecule has 3 aliphatic rings. The van der Waals surface area contributed by atoms with Gasteiger partial charge in [-0.25, -0.2) is 0 Å². The third-order valence-electron chi connectivity index (χ3n) is 6.86. The van der Waals surface area contributed by atoms with Gasteiger partial charge in [0.1, 0.15) is 0 Å². The van der Waals surface area contributed by atoms with Crippen molar-refractivity contribution in [2.75, 3.05) is 0 Å². The van der Waals surface area contributed by atoms with Crippen molar-refractivity contribution in [3.05, 3.63) is 135 Å². The summed E-state index contributed by atoms with van der Waals surface area (Å²) < 4.78 is 4.56. The molecule has 35 heavy (non-hydrogen) atoms. The van der Waals surface area contributed by atoms with Gasteiger partial charge in [-0.1, -0.05) is 0 Å². The molecule has 170 valence electrons. The number of rotatable bonds is 3. The van der Waals surface area contributed by atoms with Crippen molar-refractivity contribution in [1.82, 2.24) is 0 Å². The fourth-order valence-electron chi connectivity index (χ4n) is 5.47. The summed E-state index contributed by atoms with van der Waals surface area (Å²) in [6.07, 6.45) is 5.07. The third-order valence-corrected chi connectivity index (χ3v) is 12.2. The number of hydrogen-bond acceptors (Lipinski definition) is 1. The third kappa shape index (κ3) is 4.40. The average Bonchev–Trinajstić information content (AvgIpc) is 3.40. The first-order valence-corrected chi connectivity index (χ1v) is 15.3. The summed E-state index contributed by atoms with van der Waals surface area (Å²) in [6.45, 7) is 0. The van der Waals surface area contributed by atoms with Crippen LogP contribution in [0, 0.1) is 0 Å². The van der Waals surface area contributed by atoms with E-state index in [9.17, 15) is 0 Å². The summed E-state index contributed by atoms with van der Waals surface area (Å²) in [5, 5.41) is 0. The molecule has 1 heterocycles. The minimum Gasteiger partial charge on any atom is -1.00 e. The maximum absolute atomic E-state index is 3.88. The molecule has 0 amide bonds. The standard InChI is InChI=1S/C15H10Br.C15H9S.2BrH.Zr/c16-14-8-4-7-12-9-10-13(15(12)14)11-5-2-1-3-6-11;1-3-10-9-11(4-1)16-15-6-2-5-13-12(10)7-8-14(13)15;;;/h1-9,13H;1-6,8-9,12H;2*1H;/q;;;;+2/p-2. The van der Waals surface area contributed by atoms with Crippen LogP contribution in [0.5, 0.6) is 0 Å². The van der Waals surface area contributed by atoms with Gasteiger partial charge in [0.25, 0.3) is 0 Å². The SMILES string of the molecule is Brc1cccc2c1C(c1ccccc1)[C]([Zr+2][C]1=Cc3c4cccc3C1c1cccc(c1)S4)=C2.[Br-].[Br-]. The van der Waals surface area contributed by atoms with E-state index in [4.69, 9.17) is 0 Å². The van der Waals surface area contributed by atoms with E-state index in [0.29, 0.717) is 11.8 Å². The predicted octanol–water partition coefficient (Wildman–Crippen LogP) is 2.68. The summed E-state index contributed by atoms with van der Waals surface area (Å²) >= 11 is 4.76. The van der Waals surface area contributed by atoms with Crippen molar-refractivity contribution < 1.29 is 57.2 Å². The van der Waals surface area contributed by atoms with Gasteiger partial charge < -0.3 is 34.0 Å². The van der Waals surface area contributed by atoms with E-state index >= 15 is 0 Å². The van der Waals surface area contributed by atoms with Crippen LogP contribution < -0.4 is 34.0 Å². The van der Waals surface area contributed by atoms with E-state index in [2.05, 4.69) is 119 Å². The van der Waals surface area contributed by atoms with Crippen LogP contribution in [0.3, 0.4) is 0 Å². The van der Waals surface area contributed by atoms with Gasteiger partial charge in [-0.3, -0.25) is 0 Å². The van der Waals surface area contributed by atoms with E-state index in [1.807, 2.05) is 11.8 Å². The summed E-state index contributed by atoms with van der Waals surface area (Å²) in [5.74, 6) is 0.774. The fourth-order valence-corrected chi connectivity index (χ4v) is 11.3. The molecule has 7 rings (SSSR count). The number of benzene rings is 4. The molecule has 5 heteroatoms. The zero-order valence-corrected chi connectivity index (χ0v) is 26.5. The van der Waals surface area contributed by atoms with Crippen molar-refractivity contribution in [3.63, 3.8) is 0 Å². The Morgan fingerprint density at radius 3 is 2.29 bits per heavy atom. The molecule has 6 bridgehead atoms. The largest absolute Gasteiger partial charge is 1.00 e. The summed E-state index contributed by atoms with van der Waals surface area (Å²) in [6, 6.07) is 33.8. The smallest absolute Gasteiger partial charge is 1.00 e. The van der Waals surface area contributed by atoms with Gasteiger partial charge in [-0.2, -0.15) is 0 Å². The second-order valence-corrected chi connectivity index (χ2v) is 14.2. The van der Waals surface area contributed by atoms with E-state index in [1.165, 1.54) is 47.6 Å². The Labute approximate surface area is 251 Å². The normalized spacial score (nSPS) is 18.1. The van der Waals surface area contributed by atoms with Crippen LogP contribution in [0.15, 0.2) is 112 Å². The van der Waals surface area contributed by atoms with E-state index < -0.39 is 23.2 Å². The van der Waals surface area contributed by atoms with Gasteiger partial charge in [0.15, 0.2) is 0 Å². The Balaban J connectivity index is 0.00000127. The second kappa shape index (κ2) is 10.4. The predicted molar refractivity (Wildman–Crippen MR) is 137 cm³/mol. The van der Waals surface area contributed by atoms with Crippen molar-refractivity contribution in [2.45, 2.75) is 21.6 Å². The van der Waals surface area contributed by atoms with E-state index in [1.54, 1.807) is 6.56 Å². The molecule has 4 aromatic carbocycles. The van der Waals surface area contributed by atoms with Gasteiger partial charge in [0, 0.05) is 0 Å². The zero-order chi connectivity index (χ0) is 21.9. The topological polar surface area (TPSA) is 0 Å². The summed E-state index contributed by atoms with van der Waals surface area (Å²) in [7, 11) is 0. The molecule has 0 spiro atoms. The molecular weight excluding hydrogens is 723 g/mol. The first-order chi connectivity index (χ1) is 16.3. The van der Waals surface area contributed by atoms with Crippen molar-refractivity contribution in [2.24, 2.45) is 0 Å². The van der Waals surface area contributed by atoms with Gasteiger partial charge in [-0.05, 0) is 0 Å². The van der Waals surface area contributed by atoms with Crippen LogP contribution in [-0.2, 0) is 23.2 Å². The fraction of sp³-hybridized carbons (Fsp3) is 0.0667. The van der Waals surface area contributed by atoms with Gasteiger partial charge >= 0.3 is 220 Å². The number of allylic oxidation sites excluding steroid dienone is 2. The Hall–Kier alpha value is -0.967. The quantitative estimate of drug-likeness (QED) is 0.312. The van der Waals surface area contributed by atoms with Gasteiger partial charge in [-0.15, -0.1) is 0 Å². The Morgan fingerprint density at radius 1 is 0.686 bits per heavy atom. The second-order valence-electron chi connectivity index (χ2n) is 8.78. The minimum atomic E-state index is -1.03. The molecule has 0 fully saturated rings. The molecule has 2 atom stereocenters. The Morgan fingerprint density at radius 2 is 1.43 bits per heavy atom. The number of fused-ring (bicyclic) bond motifs is 4. The van der Waals surface area contributed by atoms with Crippen LogP contribution in [0.2, 0.25) is 0 Å². The molecule has 0 N–H and O–H groups in total. The average molecular weight is 742 g/mol. The Bertz CT molecular complexity index is 1490. The molecule has 0 aromatic heterocycles. The van der Waals surface area contributed by atoms with Crippen LogP contribution in [0.25, 0.3) is 12.2 Å². The zero-order valence-electron chi connectivity index (χ0n) is 18.5. The summed E-state index contributed by atoms with van der Waals surface area (Å²) in [4.78, 5) is 2.75. The molecule has 2 aliphatic carbocycles. The van der Waals surface area contributed by atoms with Gasteiger partial charge in [0.05, 0.1) is 0 Å². The molecule has 0 saturated carbocycles. The van der Waals surface area contributed by atoms with E-state index in [-0.39, 0.29) is 34.0 Å². The molecule has 0 radical (unpaired) electrons. The van der Waals surface area contributed by atoms with Crippen LogP contribution in [-0.4, -0.2) is 0 Å². The monoisotopic (exact) mass is 738 g/mol. The molecule has 2 unspecified atom stereocenters. The van der Waals surface area contributed by atoms with Crippen LogP contribution in [0.4, 0.5) is 0 Å². The number of halogens is 3.